The topological polar surface area (TPSA) is 130 Å². The quantitative estimate of drug-likeness (QED) is 0.110. The van der Waals surface area contributed by atoms with Crippen LogP contribution in [0.1, 0.15) is 22.8 Å². The summed E-state index contributed by atoms with van der Waals surface area (Å²) in [4.78, 5) is 23.3. The maximum absolute atomic E-state index is 12.9. The largest absolute Gasteiger partial charge is 0.462 e. The predicted octanol–water partition coefficient (Wildman–Crippen LogP) is 6.59. The number of halogens is 1. The number of thiophene rings is 1. The number of anilines is 1. The Labute approximate surface area is 202 Å². The molecular formula is C22H18BrN5O4S. The molecule has 0 unspecified atom stereocenters. The van der Waals surface area contributed by atoms with E-state index in [1.54, 1.807) is 6.92 Å². The molecule has 0 atom stereocenters. The van der Waals surface area contributed by atoms with Crippen molar-refractivity contribution in [1.29, 1.82) is 5.26 Å². The molecule has 1 heterocycles. The molecule has 1 aromatic heterocycles. The normalized spacial score (nSPS) is 10.7. The van der Waals surface area contributed by atoms with Gasteiger partial charge >= 0.3 is 5.97 Å². The van der Waals surface area contributed by atoms with Gasteiger partial charge in [-0.05, 0) is 18.6 Å². The highest BCUT2D eigenvalue weighted by molar-refractivity contribution is 9.09. The van der Waals surface area contributed by atoms with Crippen LogP contribution in [0.3, 0.4) is 0 Å². The van der Waals surface area contributed by atoms with E-state index in [9.17, 15) is 20.2 Å². The van der Waals surface area contributed by atoms with Gasteiger partial charge in [-0.25, -0.2) is 4.79 Å². The number of nitro benzene ring substituents is 1. The second kappa shape index (κ2) is 11.3. The number of hydrogen-bond acceptors (Lipinski definition) is 9. The molecule has 0 aliphatic carbocycles. The molecule has 0 amide bonds. The lowest BCUT2D eigenvalue weighted by atomic mass is 10.0. The first-order chi connectivity index (χ1) is 16.0. The van der Waals surface area contributed by atoms with Gasteiger partial charge in [-0.1, -0.05) is 57.6 Å². The summed E-state index contributed by atoms with van der Waals surface area (Å²) in [6.07, 6.45) is 0. The fourth-order valence-corrected chi connectivity index (χ4v) is 4.22. The summed E-state index contributed by atoms with van der Waals surface area (Å²) in [5.41, 5.74) is 1.66. The van der Waals surface area contributed by atoms with Gasteiger partial charge in [0.25, 0.3) is 5.69 Å². The lowest BCUT2D eigenvalue weighted by molar-refractivity contribution is -0.384. The van der Waals surface area contributed by atoms with Crippen LogP contribution in [-0.2, 0) is 4.74 Å². The van der Waals surface area contributed by atoms with E-state index in [1.165, 1.54) is 23.5 Å². The minimum atomic E-state index is -0.581. The number of rotatable bonds is 9. The molecule has 0 aliphatic heterocycles. The van der Waals surface area contributed by atoms with Crippen molar-refractivity contribution in [2.75, 3.05) is 23.8 Å². The summed E-state index contributed by atoms with van der Waals surface area (Å²) in [5, 5.41) is 33.8. The predicted molar refractivity (Wildman–Crippen MR) is 130 cm³/mol. The molecular weight excluding hydrogens is 510 g/mol. The number of nitriles is 1. The molecule has 3 aromatic rings. The number of nitro groups is 1. The van der Waals surface area contributed by atoms with Gasteiger partial charge in [0.05, 0.1) is 17.1 Å². The number of non-ortho nitro benzene ring substituents is 1. The fourth-order valence-electron chi connectivity index (χ4n) is 2.96. The van der Waals surface area contributed by atoms with Gasteiger partial charge < -0.3 is 10.1 Å². The second-order valence-electron chi connectivity index (χ2n) is 6.46. The zero-order chi connectivity index (χ0) is 23.8. The molecule has 0 bridgehead atoms. The average molecular weight is 528 g/mol. The van der Waals surface area contributed by atoms with Gasteiger partial charge in [0.2, 0.25) is 0 Å². The number of nitrogens with zero attached hydrogens (tertiary/aromatic N) is 4. The molecule has 168 valence electrons. The SMILES string of the molecule is CCOC(=O)c1c(NCCBr)sc(N=Nc2ccc([N+](=O)[O-])cc2C#N)c1-c1ccccc1. The Morgan fingerprint density at radius 1 is 1.27 bits per heavy atom. The molecule has 2 aromatic carbocycles. The van der Waals surface area contributed by atoms with E-state index < -0.39 is 10.9 Å². The lowest BCUT2D eigenvalue weighted by Gasteiger charge is -2.08. The Bertz CT molecular complexity index is 1240. The summed E-state index contributed by atoms with van der Waals surface area (Å²) in [7, 11) is 0. The highest BCUT2D eigenvalue weighted by Gasteiger charge is 2.26. The molecule has 0 spiro atoms. The van der Waals surface area contributed by atoms with Crippen molar-refractivity contribution in [2.24, 2.45) is 10.2 Å². The summed E-state index contributed by atoms with van der Waals surface area (Å²) >= 11 is 4.60. The van der Waals surface area contributed by atoms with Gasteiger partial charge in [0, 0.05) is 29.6 Å². The van der Waals surface area contributed by atoms with Gasteiger partial charge in [-0.15, -0.1) is 10.2 Å². The van der Waals surface area contributed by atoms with Gasteiger partial charge in [0.1, 0.15) is 27.3 Å². The second-order valence-corrected chi connectivity index (χ2v) is 8.25. The van der Waals surface area contributed by atoms with Crippen LogP contribution in [0.5, 0.6) is 0 Å². The summed E-state index contributed by atoms with van der Waals surface area (Å²) in [6, 6.07) is 14.9. The average Bonchev–Trinajstić information content (AvgIpc) is 3.20. The highest BCUT2D eigenvalue weighted by atomic mass is 79.9. The summed E-state index contributed by atoms with van der Waals surface area (Å²) in [5.74, 6) is -0.487. The van der Waals surface area contributed by atoms with Crippen LogP contribution >= 0.6 is 27.3 Å². The molecule has 9 nitrogen and oxygen atoms in total. The van der Waals surface area contributed by atoms with E-state index in [2.05, 4.69) is 31.5 Å². The maximum atomic E-state index is 12.9. The first-order valence-electron chi connectivity index (χ1n) is 9.79. The maximum Gasteiger partial charge on any atom is 0.341 e. The molecule has 0 radical (unpaired) electrons. The zero-order valence-electron chi connectivity index (χ0n) is 17.4. The van der Waals surface area contributed by atoms with Gasteiger partial charge in [-0.2, -0.15) is 5.26 Å². The molecule has 0 saturated carbocycles. The third-order valence-corrected chi connectivity index (χ3v) is 5.80. The van der Waals surface area contributed by atoms with Crippen LogP contribution in [-0.4, -0.2) is 29.4 Å². The molecule has 33 heavy (non-hydrogen) atoms. The van der Waals surface area contributed by atoms with Gasteiger partial charge in [0.15, 0.2) is 0 Å². The van der Waals surface area contributed by atoms with Crippen LogP contribution in [0.2, 0.25) is 0 Å². The number of carbonyl (C=O) groups excluding carboxylic acids is 1. The first kappa shape index (κ1) is 24.0. The Morgan fingerprint density at radius 3 is 2.67 bits per heavy atom. The smallest absolute Gasteiger partial charge is 0.341 e. The van der Waals surface area contributed by atoms with Crippen molar-refractivity contribution < 1.29 is 14.5 Å². The van der Waals surface area contributed by atoms with Crippen molar-refractivity contribution in [3.63, 3.8) is 0 Å². The Kier molecular flexibility index (Phi) is 8.23. The van der Waals surface area contributed by atoms with Crippen LogP contribution in [0.4, 0.5) is 21.4 Å². The number of alkyl halides is 1. The van der Waals surface area contributed by atoms with E-state index in [0.29, 0.717) is 33.0 Å². The van der Waals surface area contributed by atoms with Crippen LogP contribution in [0, 0.1) is 21.4 Å². The third kappa shape index (κ3) is 5.60. The first-order valence-corrected chi connectivity index (χ1v) is 11.7. The number of esters is 1. The molecule has 0 aliphatic rings. The van der Waals surface area contributed by atoms with Crippen molar-refractivity contribution >= 4 is 54.6 Å². The Morgan fingerprint density at radius 2 is 2.03 bits per heavy atom. The Hall–Kier alpha value is -3.62. The van der Waals surface area contributed by atoms with E-state index >= 15 is 0 Å². The minimum Gasteiger partial charge on any atom is -0.462 e. The fraction of sp³-hybridized carbons (Fsp3) is 0.182. The number of benzene rings is 2. The van der Waals surface area contributed by atoms with E-state index in [0.717, 1.165) is 11.6 Å². The van der Waals surface area contributed by atoms with Crippen LogP contribution in [0.25, 0.3) is 11.1 Å². The standard InChI is InChI=1S/C22H18BrN5O4S/c1-2-32-22(29)19-18(14-6-4-3-5-7-14)21(33-20(19)25-11-10-23)27-26-17-9-8-16(28(30)31)12-15(17)13-24/h3-9,12,25H,2,10-11H2,1H3. The number of azo groups is 1. The lowest BCUT2D eigenvalue weighted by Crippen LogP contribution is -2.10. The van der Waals surface area contributed by atoms with Crippen LogP contribution in [0.15, 0.2) is 58.8 Å². The monoisotopic (exact) mass is 527 g/mol. The number of carbonyl (C=O) groups is 1. The van der Waals surface area contributed by atoms with Crippen molar-refractivity contribution in [1.82, 2.24) is 0 Å². The van der Waals surface area contributed by atoms with Crippen molar-refractivity contribution in [2.45, 2.75) is 6.92 Å². The van der Waals surface area contributed by atoms with E-state index in [-0.39, 0.29) is 23.5 Å². The molecule has 3 rings (SSSR count). The number of nitrogens with one attached hydrogen (secondary N) is 1. The molecule has 0 fully saturated rings. The highest BCUT2D eigenvalue weighted by Crippen LogP contribution is 2.47. The number of ether oxygens (including phenoxy) is 1. The number of hydrogen-bond donors (Lipinski definition) is 1. The third-order valence-electron chi connectivity index (χ3n) is 4.37. The summed E-state index contributed by atoms with van der Waals surface area (Å²) < 4.78 is 5.30. The summed E-state index contributed by atoms with van der Waals surface area (Å²) in [6.45, 7) is 2.52. The zero-order valence-corrected chi connectivity index (χ0v) is 19.9. The van der Waals surface area contributed by atoms with Gasteiger partial charge in [-0.3, -0.25) is 10.1 Å². The van der Waals surface area contributed by atoms with E-state index in [4.69, 9.17) is 4.74 Å². The van der Waals surface area contributed by atoms with Crippen molar-refractivity contribution in [3.8, 4) is 17.2 Å². The van der Waals surface area contributed by atoms with Crippen LogP contribution < -0.4 is 5.32 Å². The Balaban J connectivity index is 2.16. The van der Waals surface area contributed by atoms with Crippen molar-refractivity contribution in [3.05, 3.63) is 69.8 Å². The van der Waals surface area contributed by atoms with E-state index in [1.807, 2.05) is 36.4 Å². The molecule has 1 N–H and O–H groups in total. The molecule has 11 heteroatoms. The minimum absolute atomic E-state index is 0.0222. The molecule has 0 saturated heterocycles.